The molecule has 0 saturated heterocycles. The first kappa shape index (κ1) is 16.5. The molecule has 4 nitrogen and oxygen atoms in total. The number of rotatable bonds is 7. The van der Waals surface area contributed by atoms with Crippen LogP contribution in [-0.4, -0.2) is 23.4 Å². The SMILES string of the molecule is CCC(CC)N(CC(C)C)C(=O)c1ccccc1NN. The number of carbonyl (C=O) groups excluding carboxylic acids is 1. The summed E-state index contributed by atoms with van der Waals surface area (Å²) in [5.41, 5.74) is 3.93. The van der Waals surface area contributed by atoms with Crippen LogP contribution in [0.25, 0.3) is 0 Å². The number of hydrazine groups is 1. The quantitative estimate of drug-likeness (QED) is 0.594. The lowest BCUT2D eigenvalue weighted by atomic mass is 10.0. The Morgan fingerprint density at radius 2 is 1.85 bits per heavy atom. The number of nitrogens with one attached hydrogen (secondary N) is 1. The third-order valence-corrected chi connectivity index (χ3v) is 3.52. The molecule has 0 aromatic heterocycles. The molecule has 112 valence electrons. The van der Waals surface area contributed by atoms with E-state index in [1.165, 1.54) is 0 Å². The summed E-state index contributed by atoms with van der Waals surface area (Å²) >= 11 is 0. The van der Waals surface area contributed by atoms with Gasteiger partial charge in [0.15, 0.2) is 0 Å². The van der Waals surface area contributed by atoms with E-state index in [4.69, 9.17) is 5.84 Å². The molecule has 0 heterocycles. The van der Waals surface area contributed by atoms with Crippen molar-refractivity contribution in [2.24, 2.45) is 11.8 Å². The Morgan fingerprint density at radius 3 is 2.35 bits per heavy atom. The fourth-order valence-electron chi connectivity index (χ4n) is 2.47. The highest BCUT2D eigenvalue weighted by Gasteiger charge is 2.24. The Balaban J connectivity index is 3.09. The second kappa shape index (κ2) is 7.90. The molecule has 0 unspecified atom stereocenters. The number of hydrogen-bond donors (Lipinski definition) is 2. The molecule has 1 rings (SSSR count). The minimum atomic E-state index is 0.0564. The minimum Gasteiger partial charge on any atom is -0.335 e. The summed E-state index contributed by atoms with van der Waals surface area (Å²) < 4.78 is 0. The third-order valence-electron chi connectivity index (χ3n) is 3.52. The Bertz CT molecular complexity index is 427. The number of hydrogen-bond acceptors (Lipinski definition) is 3. The number of carbonyl (C=O) groups is 1. The van der Waals surface area contributed by atoms with Crippen LogP contribution in [0.2, 0.25) is 0 Å². The average Bonchev–Trinajstić information content (AvgIpc) is 2.46. The minimum absolute atomic E-state index is 0.0564. The number of nitrogens with two attached hydrogens (primary N) is 1. The fourth-order valence-corrected chi connectivity index (χ4v) is 2.47. The Morgan fingerprint density at radius 1 is 1.25 bits per heavy atom. The molecule has 0 atom stereocenters. The molecular formula is C16H27N3O. The lowest BCUT2D eigenvalue weighted by molar-refractivity contribution is 0.0641. The molecule has 0 aliphatic heterocycles. The van der Waals surface area contributed by atoms with Crippen molar-refractivity contribution in [2.75, 3.05) is 12.0 Å². The lowest BCUT2D eigenvalue weighted by Gasteiger charge is -2.32. The van der Waals surface area contributed by atoms with Crippen LogP contribution in [0.4, 0.5) is 5.69 Å². The molecule has 1 amide bonds. The molecule has 4 heteroatoms. The maximum absolute atomic E-state index is 12.8. The zero-order valence-corrected chi connectivity index (χ0v) is 13.0. The van der Waals surface area contributed by atoms with Crippen LogP contribution in [-0.2, 0) is 0 Å². The monoisotopic (exact) mass is 277 g/mol. The molecule has 0 spiro atoms. The molecule has 0 bridgehead atoms. The summed E-state index contributed by atoms with van der Waals surface area (Å²) in [6.45, 7) is 9.29. The highest BCUT2D eigenvalue weighted by atomic mass is 16.2. The molecule has 1 aromatic carbocycles. The van der Waals surface area contributed by atoms with Gasteiger partial charge in [0.05, 0.1) is 11.3 Å². The van der Waals surface area contributed by atoms with Gasteiger partial charge in [-0.25, -0.2) is 0 Å². The topological polar surface area (TPSA) is 58.4 Å². The molecule has 3 N–H and O–H groups in total. The first-order valence-electron chi connectivity index (χ1n) is 7.41. The van der Waals surface area contributed by atoms with Gasteiger partial charge in [-0.1, -0.05) is 39.8 Å². The van der Waals surface area contributed by atoms with Crippen molar-refractivity contribution in [2.45, 2.75) is 46.6 Å². The van der Waals surface area contributed by atoms with E-state index in [2.05, 4.69) is 33.1 Å². The van der Waals surface area contributed by atoms with Gasteiger partial charge in [-0.05, 0) is 30.9 Å². The van der Waals surface area contributed by atoms with Gasteiger partial charge in [-0.2, -0.15) is 0 Å². The van der Waals surface area contributed by atoms with Crippen LogP contribution >= 0.6 is 0 Å². The van der Waals surface area contributed by atoms with Gasteiger partial charge in [-0.3, -0.25) is 10.6 Å². The van der Waals surface area contributed by atoms with Gasteiger partial charge in [0.25, 0.3) is 5.91 Å². The van der Waals surface area contributed by atoms with Crippen LogP contribution in [0.3, 0.4) is 0 Å². The predicted molar refractivity (Wildman–Crippen MR) is 84.5 cm³/mol. The van der Waals surface area contributed by atoms with Crippen LogP contribution in [0, 0.1) is 5.92 Å². The van der Waals surface area contributed by atoms with Crippen molar-refractivity contribution in [3.05, 3.63) is 29.8 Å². The second-order valence-electron chi connectivity index (χ2n) is 5.51. The van der Waals surface area contributed by atoms with Gasteiger partial charge < -0.3 is 10.3 Å². The lowest BCUT2D eigenvalue weighted by Crippen LogP contribution is -2.42. The van der Waals surface area contributed by atoms with E-state index in [1.54, 1.807) is 0 Å². The summed E-state index contributed by atoms with van der Waals surface area (Å²) in [6.07, 6.45) is 1.93. The van der Waals surface area contributed by atoms with E-state index in [-0.39, 0.29) is 11.9 Å². The van der Waals surface area contributed by atoms with Crippen molar-refractivity contribution in [3.8, 4) is 0 Å². The number of para-hydroxylation sites is 1. The Labute approximate surface area is 122 Å². The third kappa shape index (κ3) is 3.97. The fraction of sp³-hybridized carbons (Fsp3) is 0.562. The van der Waals surface area contributed by atoms with Crippen molar-refractivity contribution >= 4 is 11.6 Å². The normalized spacial score (nSPS) is 10.9. The number of amides is 1. The highest BCUT2D eigenvalue weighted by molar-refractivity contribution is 5.99. The zero-order valence-electron chi connectivity index (χ0n) is 13.0. The van der Waals surface area contributed by atoms with Gasteiger partial charge in [0.1, 0.15) is 0 Å². The van der Waals surface area contributed by atoms with E-state index in [0.717, 1.165) is 19.4 Å². The summed E-state index contributed by atoms with van der Waals surface area (Å²) in [5, 5.41) is 0. The average molecular weight is 277 g/mol. The largest absolute Gasteiger partial charge is 0.335 e. The van der Waals surface area contributed by atoms with Crippen LogP contribution in [0.5, 0.6) is 0 Å². The smallest absolute Gasteiger partial charge is 0.256 e. The van der Waals surface area contributed by atoms with Crippen LogP contribution in [0.15, 0.2) is 24.3 Å². The Hall–Kier alpha value is -1.55. The second-order valence-corrected chi connectivity index (χ2v) is 5.51. The number of benzene rings is 1. The Kier molecular flexibility index (Phi) is 6.52. The standard InChI is InChI=1S/C16H27N3O/c1-5-13(6-2)19(11-12(3)4)16(20)14-9-7-8-10-15(14)18-17/h7-10,12-13,18H,5-6,11,17H2,1-4H3. The predicted octanol–water partition coefficient (Wildman–Crippen LogP) is 3.26. The van der Waals surface area contributed by atoms with Gasteiger partial charge in [0.2, 0.25) is 0 Å². The summed E-state index contributed by atoms with van der Waals surface area (Å²) in [7, 11) is 0. The summed E-state index contributed by atoms with van der Waals surface area (Å²) in [6, 6.07) is 7.67. The van der Waals surface area contributed by atoms with Crippen LogP contribution in [0.1, 0.15) is 50.9 Å². The molecular weight excluding hydrogens is 250 g/mol. The highest BCUT2D eigenvalue weighted by Crippen LogP contribution is 2.20. The summed E-state index contributed by atoms with van der Waals surface area (Å²) in [5.74, 6) is 6.01. The van der Waals surface area contributed by atoms with E-state index in [0.29, 0.717) is 17.2 Å². The molecule has 1 aromatic rings. The number of nitrogen functional groups attached to an aromatic ring is 1. The van der Waals surface area contributed by atoms with Crippen molar-refractivity contribution in [1.82, 2.24) is 4.90 Å². The van der Waals surface area contributed by atoms with E-state index in [9.17, 15) is 4.79 Å². The van der Waals surface area contributed by atoms with Crippen molar-refractivity contribution in [3.63, 3.8) is 0 Å². The van der Waals surface area contributed by atoms with E-state index in [1.807, 2.05) is 29.2 Å². The van der Waals surface area contributed by atoms with E-state index < -0.39 is 0 Å². The molecule has 0 saturated carbocycles. The zero-order chi connectivity index (χ0) is 15.1. The van der Waals surface area contributed by atoms with Crippen LogP contribution < -0.4 is 11.3 Å². The molecule has 0 fully saturated rings. The first-order valence-corrected chi connectivity index (χ1v) is 7.41. The molecule has 0 aliphatic carbocycles. The maximum atomic E-state index is 12.8. The van der Waals surface area contributed by atoms with Gasteiger partial charge in [0, 0.05) is 12.6 Å². The molecule has 20 heavy (non-hydrogen) atoms. The van der Waals surface area contributed by atoms with Gasteiger partial charge in [-0.15, -0.1) is 0 Å². The molecule has 0 aliphatic rings. The number of anilines is 1. The first-order chi connectivity index (χ1) is 9.54. The summed E-state index contributed by atoms with van der Waals surface area (Å²) in [4.78, 5) is 14.8. The van der Waals surface area contributed by atoms with Crippen molar-refractivity contribution in [1.29, 1.82) is 0 Å². The van der Waals surface area contributed by atoms with E-state index >= 15 is 0 Å². The van der Waals surface area contributed by atoms with Crippen molar-refractivity contribution < 1.29 is 4.79 Å². The molecule has 0 radical (unpaired) electrons. The van der Waals surface area contributed by atoms with Gasteiger partial charge >= 0.3 is 0 Å². The maximum Gasteiger partial charge on any atom is 0.256 e. The number of nitrogens with zero attached hydrogens (tertiary/aromatic N) is 1.